The molecule has 0 bridgehead atoms. The van der Waals surface area contributed by atoms with Crippen LogP contribution < -0.4 is 15.8 Å². The summed E-state index contributed by atoms with van der Waals surface area (Å²) in [5.74, 6) is 0.784. The number of ether oxygens (including phenoxy) is 1. The predicted molar refractivity (Wildman–Crippen MR) is 96.2 cm³/mol. The van der Waals surface area contributed by atoms with Gasteiger partial charge in [0.2, 0.25) is 5.91 Å². The largest absolute Gasteiger partial charge is 0.496 e. The first-order valence-corrected chi connectivity index (χ1v) is 8.17. The number of carbonyl (C=O) groups excluding carboxylic acids is 1. The number of para-hydroxylation sites is 1. The molecule has 0 aromatic heterocycles. The van der Waals surface area contributed by atoms with E-state index >= 15 is 0 Å². The van der Waals surface area contributed by atoms with Gasteiger partial charge in [0.15, 0.2) is 0 Å². The minimum atomic E-state index is -0.170. The number of hydrogen-bond acceptors (Lipinski definition) is 3. The number of halogens is 1. The van der Waals surface area contributed by atoms with Crippen molar-refractivity contribution in [3.05, 3.63) is 29.8 Å². The molecule has 1 aliphatic rings. The van der Waals surface area contributed by atoms with E-state index in [1.807, 2.05) is 32.0 Å². The van der Waals surface area contributed by atoms with Gasteiger partial charge in [0, 0.05) is 29.5 Å². The van der Waals surface area contributed by atoms with Crippen molar-refractivity contribution in [3.63, 3.8) is 0 Å². The fraction of sp³-hybridized carbons (Fsp3) is 0.611. The zero-order valence-electron chi connectivity index (χ0n) is 14.3. The Balaban J connectivity index is 0.00000264. The van der Waals surface area contributed by atoms with Crippen molar-refractivity contribution >= 4 is 18.3 Å². The molecule has 1 amide bonds. The lowest BCUT2D eigenvalue weighted by atomic mass is 9.78. The normalized spacial score (nSPS) is 18.6. The first-order valence-electron chi connectivity index (χ1n) is 8.17. The average molecular weight is 341 g/mol. The van der Waals surface area contributed by atoms with Crippen LogP contribution in [0.2, 0.25) is 0 Å². The van der Waals surface area contributed by atoms with Crippen molar-refractivity contribution in [2.24, 2.45) is 11.7 Å². The van der Waals surface area contributed by atoms with Crippen molar-refractivity contribution in [2.75, 3.05) is 13.7 Å². The van der Waals surface area contributed by atoms with Crippen LogP contribution in [0.3, 0.4) is 0 Å². The molecule has 2 atom stereocenters. The summed E-state index contributed by atoms with van der Waals surface area (Å²) < 4.78 is 5.54. The molecule has 2 unspecified atom stereocenters. The maximum atomic E-state index is 12.2. The van der Waals surface area contributed by atoms with E-state index in [2.05, 4.69) is 11.4 Å². The Morgan fingerprint density at radius 3 is 2.48 bits per heavy atom. The summed E-state index contributed by atoms with van der Waals surface area (Å²) in [5, 5.41) is 3.12. The molecule has 0 heterocycles. The second-order valence-electron chi connectivity index (χ2n) is 6.55. The zero-order chi connectivity index (χ0) is 16.2. The van der Waals surface area contributed by atoms with Gasteiger partial charge in [-0.1, -0.05) is 38.0 Å². The highest BCUT2D eigenvalue weighted by Gasteiger charge is 2.38. The van der Waals surface area contributed by atoms with E-state index in [0.29, 0.717) is 6.54 Å². The molecular weight excluding hydrogens is 312 g/mol. The Hall–Kier alpha value is -1.26. The van der Waals surface area contributed by atoms with Crippen LogP contribution in [0.1, 0.15) is 45.1 Å². The van der Waals surface area contributed by atoms with Gasteiger partial charge in [-0.3, -0.25) is 4.79 Å². The Morgan fingerprint density at radius 2 is 1.91 bits per heavy atom. The van der Waals surface area contributed by atoms with Crippen LogP contribution in [-0.4, -0.2) is 25.6 Å². The molecule has 1 aromatic carbocycles. The summed E-state index contributed by atoms with van der Waals surface area (Å²) in [7, 11) is 1.71. The third kappa shape index (κ3) is 4.39. The third-order valence-electron chi connectivity index (χ3n) is 5.04. The van der Waals surface area contributed by atoms with E-state index in [4.69, 9.17) is 10.5 Å². The van der Waals surface area contributed by atoms with E-state index in [9.17, 15) is 4.79 Å². The topological polar surface area (TPSA) is 64.3 Å². The number of carbonyl (C=O) groups is 1. The number of rotatable bonds is 6. The van der Waals surface area contributed by atoms with Gasteiger partial charge in [-0.05, 0) is 25.8 Å². The fourth-order valence-electron chi connectivity index (χ4n) is 3.33. The quantitative estimate of drug-likeness (QED) is 0.836. The van der Waals surface area contributed by atoms with E-state index in [0.717, 1.165) is 18.6 Å². The number of benzene rings is 1. The lowest BCUT2D eigenvalue weighted by molar-refractivity contribution is -0.125. The second kappa shape index (κ2) is 8.55. The highest BCUT2D eigenvalue weighted by Crippen LogP contribution is 2.44. The molecule has 130 valence electrons. The molecule has 0 aliphatic heterocycles. The van der Waals surface area contributed by atoms with Crippen LogP contribution in [0.4, 0.5) is 0 Å². The Morgan fingerprint density at radius 1 is 1.30 bits per heavy atom. The summed E-state index contributed by atoms with van der Waals surface area (Å²) in [6.07, 6.45) is 4.55. The molecular formula is C18H29ClN2O2. The average Bonchev–Trinajstić information content (AvgIpc) is 3.01. The summed E-state index contributed by atoms with van der Waals surface area (Å²) in [5.41, 5.74) is 7.03. The number of methoxy groups -OCH3 is 1. The third-order valence-corrected chi connectivity index (χ3v) is 5.04. The van der Waals surface area contributed by atoms with Crippen molar-refractivity contribution in [3.8, 4) is 5.75 Å². The van der Waals surface area contributed by atoms with Gasteiger partial charge in [-0.2, -0.15) is 0 Å². The maximum Gasteiger partial charge on any atom is 0.224 e. The van der Waals surface area contributed by atoms with Crippen LogP contribution in [0.15, 0.2) is 24.3 Å². The van der Waals surface area contributed by atoms with Gasteiger partial charge in [-0.15, -0.1) is 12.4 Å². The monoisotopic (exact) mass is 340 g/mol. The molecule has 1 aliphatic carbocycles. The minimum absolute atomic E-state index is 0. The van der Waals surface area contributed by atoms with E-state index in [1.165, 1.54) is 18.4 Å². The molecule has 0 saturated heterocycles. The SMILES string of the molecule is COc1ccccc1C1(CNC(=O)C(C)C(C)N)CCCC1.Cl. The molecule has 2 rings (SSSR count). The fourth-order valence-corrected chi connectivity index (χ4v) is 3.33. The predicted octanol–water partition coefficient (Wildman–Crippen LogP) is 3.03. The summed E-state index contributed by atoms with van der Waals surface area (Å²) >= 11 is 0. The molecule has 0 spiro atoms. The van der Waals surface area contributed by atoms with E-state index in [-0.39, 0.29) is 35.7 Å². The molecule has 1 saturated carbocycles. The van der Waals surface area contributed by atoms with Crippen LogP contribution in [0.25, 0.3) is 0 Å². The number of nitrogens with one attached hydrogen (secondary N) is 1. The standard InChI is InChI=1S/C18H28N2O2.ClH/c1-13(14(2)19)17(21)20-12-18(10-6-7-11-18)15-8-4-5-9-16(15)22-3;/h4-5,8-9,13-14H,6-7,10-12,19H2,1-3H3,(H,20,21);1H. The molecule has 5 heteroatoms. The first kappa shape index (κ1) is 19.8. The van der Waals surface area contributed by atoms with Gasteiger partial charge in [-0.25, -0.2) is 0 Å². The first-order chi connectivity index (χ1) is 10.5. The Bertz CT molecular complexity index is 513. The summed E-state index contributed by atoms with van der Waals surface area (Å²) in [6, 6.07) is 8.03. The van der Waals surface area contributed by atoms with Crippen LogP contribution in [0, 0.1) is 5.92 Å². The van der Waals surface area contributed by atoms with Gasteiger partial charge >= 0.3 is 0 Å². The molecule has 1 fully saturated rings. The highest BCUT2D eigenvalue weighted by atomic mass is 35.5. The highest BCUT2D eigenvalue weighted by molar-refractivity contribution is 5.85. The van der Waals surface area contributed by atoms with Gasteiger partial charge in [0.05, 0.1) is 7.11 Å². The number of hydrogen-bond donors (Lipinski definition) is 2. The van der Waals surface area contributed by atoms with Crippen LogP contribution in [-0.2, 0) is 10.2 Å². The van der Waals surface area contributed by atoms with Gasteiger partial charge in [0.25, 0.3) is 0 Å². The van der Waals surface area contributed by atoms with E-state index in [1.54, 1.807) is 7.11 Å². The molecule has 23 heavy (non-hydrogen) atoms. The van der Waals surface area contributed by atoms with Crippen LogP contribution >= 0.6 is 12.4 Å². The van der Waals surface area contributed by atoms with Crippen molar-refractivity contribution in [1.29, 1.82) is 0 Å². The van der Waals surface area contributed by atoms with Gasteiger partial charge < -0.3 is 15.8 Å². The summed E-state index contributed by atoms with van der Waals surface area (Å²) in [6.45, 7) is 4.41. The van der Waals surface area contributed by atoms with E-state index < -0.39 is 0 Å². The maximum absolute atomic E-state index is 12.2. The summed E-state index contributed by atoms with van der Waals surface area (Å²) in [4.78, 5) is 12.2. The van der Waals surface area contributed by atoms with Crippen molar-refractivity contribution in [1.82, 2.24) is 5.32 Å². The lowest BCUT2D eigenvalue weighted by Crippen LogP contribution is -2.44. The number of amides is 1. The molecule has 1 aromatic rings. The zero-order valence-corrected chi connectivity index (χ0v) is 15.1. The molecule has 4 nitrogen and oxygen atoms in total. The smallest absolute Gasteiger partial charge is 0.224 e. The lowest BCUT2D eigenvalue weighted by Gasteiger charge is -2.32. The Labute approximate surface area is 145 Å². The minimum Gasteiger partial charge on any atom is -0.496 e. The number of nitrogens with two attached hydrogens (primary N) is 1. The van der Waals surface area contributed by atoms with Crippen molar-refractivity contribution in [2.45, 2.75) is 51.0 Å². The van der Waals surface area contributed by atoms with Crippen molar-refractivity contribution < 1.29 is 9.53 Å². The molecule has 0 radical (unpaired) electrons. The van der Waals surface area contributed by atoms with Gasteiger partial charge in [0.1, 0.15) is 5.75 Å². The molecule has 3 N–H and O–H groups in total. The van der Waals surface area contributed by atoms with Crippen LogP contribution in [0.5, 0.6) is 5.75 Å². The Kier molecular flexibility index (Phi) is 7.36. The second-order valence-corrected chi connectivity index (χ2v) is 6.55.